The third-order valence-corrected chi connectivity index (χ3v) is 4.29. The predicted molar refractivity (Wildman–Crippen MR) is 86.1 cm³/mol. The maximum Gasteiger partial charge on any atom is 0.298 e. The first-order valence-corrected chi connectivity index (χ1v) is 7.83. The van der Waals surface area contributed by atoms with Gasteiger partial charge in [0.1, 0.15) is 11.5 Å². The number of halogens is 1. The van der Waals surface area contributed by atoms with E-state index in [9.17, 15) is 14.0 Å². The first kappa shape index (κ1) is 15.3. The zero-order valence-corrected chi connectivity index (χ0v) is 13.2. The highest BCUT2D eigenvalue weighted by molar-refractivity contribution is 6.41. The van der Waals surface area contributed by atoms with Gasteiger partial charge in [0.15, 0.2) is 5.76 Å². The minimum atomic E-state index is -0.690. The number of benzene rings is 1. The number of H-pyrrole nitrogens is 1. The average Bonchev–Trinajstić information content (AvgIpc) is 3.30. The standard InChI is InChI=1S/C18H14FN3O3/c19-13-5-2-1-4-11(13)16-12-10-22(8-7-14(12)20-21-16)18(24)17(23)15-6-3-9-25-15/h1-6,9H,7-8,10H2,(H,20,21). The van der Waals surface area contributed by atoms with Crippen LogP contribution in [0.15, 0.2) is 47.1 Å². The van der Waals surface area contributed by atoms with Crippen LogP contribution >= 0.6 is 0 Å². The van der Waals surface area contributed by atoms with Gasteiger partial charge < -0.3 is 9.32 Å². The number of nitrogens with zero attached hydrogens (tertiary/aromatic N) is 2. The fraction of sp³-hybridized carbons (Fsp3) is 0.167. The van der Waals surface area contributed by atoms with Gasteiger partial charge >= 0.3 is 0 Å². The molecule has 0 aliphatic carbocycles. The summed E-state index contributed by atoms with van der Waals surface area (Å²) < 4.78 is 19.1. The summed E-state index contributed by atoms with van der Waals surface area (Å²) in [5, 5.41) is 7.12. The van der Waals surface area contributed by atoms with Crippen molar-refractivity contribution in [3.8, 4) is 11.3 Å². The fourth-order valence-corrected chi connectivity index (χ4v) is 3.00. The predicted octanol–water partition coefficient (Wildman–Crippen LogP) is 2.58. The lowest BCUT2D eigenvalue weighted by Crippen LogP contribution is -2.40. The second-order valence-electron chi connectivity index (χ2n) is 5.79. The van der Waals surface area contributed by atoms with E-state index < -0.39 is 11.7 Å². The minimum Gasteiger partial charge on any atom is -0.461 e. The fourth-order valence-electron chi connectivity index (χ4n) is 3.00. The molecule has 1 aliphatic rings. The molecule has 0 atom stereocenters. The maximum atomic E-state index is 14.1. The molecule has 1 N–H and O–H groups in total. The molecule has 3 aromatic rings. The highest BCUT2D eigenvalue weighted by atomic mass is 19.1. The van der Waals surface area contributed by atoms with Gasteiger partial charge in [-0.15, -0.1) is 0 Å². The Morgan fingerprint density at radius 1 is 1.20 bits per heavy atom. The molecule has 0 saturated heterocycles. The van der Waals surface area contributed by atoms with E-state index in [4.69, 9.17) is 4.42 Å². The Labute approximate surface area is 142 Å². The lowest BCUT2D eigenvalue weighted by atomic mass is 10.0. The number of carbonyl (C=O) groups is 2. The molecule has 0 saturated carbocycles. The number of hydrogen-bond donors (Lipinski definition) is 1. The van der Waals surface area contributed by atoms with E-state index in [1.54, 1.807) is 24.3 Å². The van der Waals surface area contributed by atoms with E-state index in [2.05, 4.69) is 10.2 Å². The van der Waals surface area contributed by atoms with Crippen LogP contribution in [0, 0.1) is 5.82 Å². The van der Waals surface area contributed by atoms with Crippen molar-refractivity contribution < 1.29 is 18.4 Å². The van der Waals surface area contributed by atoms with E-state index >= 15 is 0 Å². The van der Waals surface area contributed by atoms with Crippen molar-refractivity contribution in [1.29, 1.82) is 0 Å². The van der Waals surface area contributed by atoms with Gasteiger partial charge in [-0.3, -0.25) is 14.7 Å². The molecule has 1 aromatic carbocycles. The molecular weight excluding hydrogens is 325 g/mol. The molecule has 25 heavy (non-hydrogen) atoms. The van der Waals surface area contributed by atoms with Gasteiger partial charge in [-0.05, 0) is 24.3 Å². The van der Waals surface area contributed by atoms with Gasteiger partial charge in [-0.2, -0.15) is 5.10 Å². The topological polar surface area (TPSA) is 79.2 Å². The highest BCUT2D eigenvalue weighted by Gasteiger charge is 2.31. The number of ketones is 1. The van der Waals surface area contributed by atoms with Crippen LogP contribution in [-0.4, -0.2) is 33.3 Å². The maximum absolute atomic E-state index is 14.1. The highest BCUT2D eigenvalue weighted by Crippen LogP contribution is 2.30. The number of hydrogen-bond acceptors (Lipinski definition) is 4. The number of rotatable bonds is 3. The molecule has 4 rings (SSSR count). The van der Waals surface area contributed by atoms with Crippen LogP contribution in [0.3, 0.4) is 0 Å². The van der Waals surface area contributed by atoms with Crippen molar-refractivity contribution in [1.82, 2.24) is 15.1 Å². The van der Waals surface area contributed by atoms with Crippen molar-refractivity contribution >= 4 is 11.7 Å². The molecule has 6 nitrogen and oxygen atoms in total. The Morgan fingerprint density at radius 3 is 2.80 bits per heavy atom. The Bertz CT molecular complexity index is 946. The lowest BCUT2D eigenvalue weighted by Gasteiger charge is -2.26. The number of nitrogens with one attached hydrogen (secondary N) is 1. The van der Waals surface area contributed by atoms with Crippen molar-refractivity contribution in [3.05, 3.63) is 65.5 Å². The van der Waals surface area contributed by atoms with Gasteiger partial charge in [0.25, 0.3) is 11.7 Å². The van der Waals surface area contributed by atoms with Crippen molar-refractivity contribution in [2.45, 2.75) is 13.0 Å². The van der Waals surface area contributed by atoms with Gasteiger partial charge in [0.05, 0.1) is 12.8 Å². The zero-order chi connectivity index (χ0) is 17.4. The van der Waals surface area contributed by atoms with E-state index in [0.29, 0.717) is 24.2 Å². The number of Topliss-reactive ketones (excluding diaryl/α,β-unsaturated/α-hetero) is 1. The molecule has 1 aliphatic heterocycles. The summed E-state index contributed by atoms with van der Waals surface area (Å²) in [7, 11) is 0. The van der Waals surface area contributed by atoms with Crippen molar-refractivity contribution in [2.75, 3.05) is 6.54 Å². The average molecular weight is 339 g/mol. The summed E-state index contributed by atoms with van der Waals surface area (Å²) >= 11 is 0. The summed E-state index contributed by atoms with van der Waals surface area (Å²) in [4.78, 5) is 26.1. The molecule has 3 heterocycles. The molecule has 0 radical (unpaired) electrons. The number of fused-ring (bicyclic) bond motifs is 1. The van der Waals surface area contributed by atoms with Gasteiger partial charge in [0, 0.05) is 29.8 Å². The second-order valence-corrected chi connectivity index (χ2v) is 5.79. The molecule has 0 bridgehead atoms. The number of aromatic amines is 1. The first-order valence-electron chi connectivity index (χ1n) is 7.83. The van der Waals surface area contributed by atoms with Gasteiger partial charge in [-0.25, -0.2) is 4.39 Å². The Morgan fingerprint density at radius 2 is 2.04 bits per heavy atom. The van der Waals surface area contributed by atoms with Crippen LogP contribution in [0.5, 0.6) is 0 Å². The summed E-state index contributed by atoms with van der Waals surface area (Å²) in [6.07, 6.45) is 1.87. The van der Waals surface area contributed by atoms with E-state index in [0.717, 1.165) is 11.3 Å². The lowest BCUT2D eigenvalue weighted by molar-refractivity contribution is -0.127. The SMILES string of the molecule is O=C(C(=O)N1CCc2[nH]nc(-c3ccccc3F)c2C1)c1ccco1. The number of furan rings is 1. The third kappa shape index (κ3) is 2.63. The first-order chi connectivity index (χ1) is 12.1. The third-order valence-electron chi connectivity index (χ3n) is 4.29. The summed E-state index contributed by atoms with van der Waals surface area (Å²) in [6.45, 7) is 0.581. The number of carbonyl (C=O) groups excluding carboxylic acids is 2. The quantitative estimate of drug-likeness (QED) is 0.587. The van der Waals surface area contributed by atoms with Crippen molar-refractivity contribution in [3.63, 3.8) is 0 Å². The monoisotopic (exact) mass is 339 g/mol. The number of aromatic nitrogens is 2. The molecule has 2 aromatic heterocycles. The molecule has 126 valence electrons. The van der Waals surface area contributed by atoms with Crippen LogP contribution in [0.1, 0.15) is 21.8 Å². The molecule has 0 spiro atoms. The molecule has 1 amide bonds. The summed E-state index contributed by atoms with van der Waals surface area (Å²) in [6, 6.07) is 9.35. The van der Waals surface area contributed by atoms with Crippen LogP contribution in [-0.2, 0) is 17.8 Å². The summed E-state index contributed by atoms with van der Waals surface area (Å²) in [5.74, 6) is -1.70. The molecule has 7 heteroatoms. The second kappa shape index (κ2) is 6.01. The zero-order valence-electron chi connectivity index (χ0n) is 13.2. The molecule has 0 unspecified atom stereocenters. The normalized spacial score (nSPS) is 13.6. The van der Waals surface area contributed by atoms with Crippen LogP contribution in [0.25, 0.3) is 11.3 Å². The van der Waals surface area contributed by atoms with E-state index in [1.807, 2.05) is 0 Å². The minimum absolute atomic E-state index is 0.0114. The number of amides is 1. The van der Waals surface area contributed by atoms with Crippen LogP contribution in [0.2, 0.25) is 0 Å². The van der Waals surface area contributed by atoms with E-state index in [-0.39, 0.29) is 18.1 Å². The largest absolute Gasteiger partial charge is 0.461 e. The summed E-state index contributed by atoms with van der Waals surface area (Å²) in [5.41, 5.74) is 2.42. The Balaban J connectivity index is 1.63. The molecule has 0 fully saturated rings. The van der Waals surface area contributed by atoms with Crippen molar-refractivity contribution in [2.24, 2.45) is 0 Å². The Kier molecular flexibility index (Phi) is 3.68. The van der Waals surface area contributed by atoms with Gasteiger partial charge in [0.2, 0.25) is 0 Å². The van der Waals surface area contributed by atoms with Gasteiger partial charge in [-0.1, -0.05) is 12.1 Å². The van der Waals surface area contributed by atoms with Crippen LogP contribution < -0.4 is 0 Å². The Hall–Kier alpha value is -3.22. The van der Waals surface area contributed by atoms with E-state index in [1.165, 1.54) is 23.3 Å². The molecular formula is C18H14FN3O3. The van der Waals surface area contributed by atoms with Crippen LogP contribution in [0.4, 0.5) is 4.39 Å². The smallest absolute Gasteiger partial charge is 0.298 e.